The summed E-state index contributed by atoms with van der Waals surface area (Å²) in [4.78, 5) is 6.55. The smallest absolute Gasteiger partial charge is 0.128 e. The number of benzene rings is 1. The largest absolute Gasteiger partial charge is 0.497 e. The molecule has 0 saturated carbocycles. The van der Waals surface area contributed by atoms with Gasteiger partial charge in [-0.3, -0.25) is 0 Å². The Kier molecular flexibility index (Phi) is 7.92. The molecule has 1 aromatic carbocycles. The minimum absolute atomic E-state index is 0.810. The molecular weight excluding hydrogens is 318 g/mol. The molecule has 0 spiro atoms. The van der Waals surface area contributed by atoms with Crippen molar-refractivity contribution in [3.05, 3.63) is 53.4 Å². The van der Waals surface area contributed by atoms with Crippen LogP contribution in [0, 0.1) is 0 Å². The molecule has 0 radical (unpaired) electrons. The first-order chi connectivity index (χ1) is 11.8. The van der Waals surface area contributed by atoms with E-state index in [0.717, 1.165) is 49.3 Å². The molecule has 130 valence electrons. The molecule has 1 heterocycles. The second-order valence-corrected chi connectivity index (χ2v) is 6.80. The zero-order valence-electron chi connectivity index (χ0n) is 14.6. The second kappa shape index (κ2) is 10.2. The van der Waals surface area contributed by atoms with Crippen LogP contribution in [-0.4, -0.2) is 49.9 Å². The van der Waals surface area contributed by atoms with E-state index in [1.54, 1.807) is 7.11 Å². The van der Waals surface area contributed by atoms with Crippen molar-refractivity contribution in [3.8, 4) is 5.75 Å². The third-order valence-electron chi connectivity index (χ3n) is 4.00. The highest BCUT2D eigenvalue weighted by Crippen LogP contribution is 2.17. The Balaban J connectivity index is 1.88. The first-order valence-electron chi connectivity index (χ1n) is 8.26. The molecular formula is C19H27N3OS. The summed E-state index contributed by atoms with van der Waals surface area (Å²) in [6.07, 6.45) is 4.27. The number of allylic oxidation sites excluding steroid dienone is 1. The first-order valence-corrected chi connectivity index (χ1v) is 9.42. The van der Waals surface area contributed by atoms with Gasteiger partial charge >= 0.3 is 0 Å². The standard InChI is InChI=1S/C19H27N3OS/c1-4-16(13-19(20-2)22-9-11-24-12-10-22)14-21-15-17-5-7-18(23-3)8-6-17/h4-8,13,21H,2,9-12,14-15H2,1,3H3/b16-4+,19-13+. The van der Waals surface area contributed by atoms with Crippen LogP contribution in [-0.2, 0) is 6.54 Å². The molecule has 0 atom stereocenters. The van der Waals surface area contributed by atoms with Gasteiger partial charge in [0.25, 0.3) is 0 Å². The minimum atomic E-state index is 0.810. The van der Waals surface area contributed by atoms with Crippen LogP contribution in [0.5, 0.6) is 5.75 Å². The van der Waals surface area contributed by atoms with Gasteiger partial charge in [0.2, 0.25) is 0 Å². The molecule has 1 N–H and O–H groups in total. The lowest BCUT2D eigenvalue weighted by Gasteiger charge is -2.28. The van der Waals surface area contributed by atoms with Crippen LogP contribution in [0.4, 0.5) is 0 Å². The van der Waals surface area contributed by atoms with Crippen molar-refractivity contribution < 1.29 is 4.74 Å². The topological polar surface area (TPSA) is 36.9 Å². The molecule has 0 bridgehead atoms. The number of ether oxygens (including phenoxy) is 1. The highest BCUT2D eigenvalue weighted by Gasteiger charge is 2.12. The number of hydrogen-bond acceptors (Lipinski definition) is 5. The number of aliphatic imine (C=N–C) groups is 1. The van der Waals surface area contributed by atoms with E-state index in [1.165, 1.54) is 11.1 Å². The molecule has 0 aromatic heterocycles. The number of nitrogens with zero attached hydrogens (tertiary/aromatic N) is 2. The summed E-state index contributed by atoms with van der Waals surface area (Å²) in [6, 6.07) is 8.14. The van der Waals surface area contributed by atoms with Crippen molar-refractivity contribution >= 4 is 18.5 Å². The fourth-order valence-electron chi connectivity index (χ4n) is 2.53. The molecule has 0 aliphatic carbocycles. The molecule has 1 aliphatic rings. The molecule has 24 heavy (non-hydrogen) atoms. The first kappa shape index (κ1) is 18.6. The Morgan fingerprint density at radius 3 is 2.62 bits per heavy atom. The van der Waals surface area contributed by atoms with E-state index in [9.17, 15) is 0 Å². The van der Waals surface area contributed by atoms with Crippen LogP contribution in [0.1, 0.15) is 12.5 Å². The Hall–Kier alpha value is -1.72. The average Bonchev–Trinajstić information content (AvgIpc) is 2.65. The number of methoxy groups -OCH3 is 1. The Morgan fingerprint density at radius 2 is 2.04 bits per heavy atom. The molecule has 0 amide bonds. The number of nitrogens with one attached hydrogen (secondary N) is 1. The fourth-order valence-corrected chi connectivity index (χ4v) is 3.43. The third kappa shape index (κ3) is 5.73. The van der Waals surface area contributed by atoms with Crippen LogP contribution < -0.4 is 10.1 Å². The van der Waals surface area contributed by atoms with E-state index in [2.05, 4.69) is 53.1 Å². The summed E-state index contributed by atoms with van der Waals surface area (Å²) in [5, 5.41) is 3.48. The Morgan fingerprint density at radius 1 is 1.33 bits per heavy atom. The Labute approximate surface area is 149 Å². The molecule has 5 heteroatoms. The fraction of sp³-hybridized carbons (Fsp3) is 0.421. The van der Waals surface area contributed by atoms with Crippen molar-refractivity contribution in [1.82, 2.24) is 10.2 Å². The predicted molar refractivity (Wildman–Crippen MR) is 105 cm³/mol. The van der Waals surface area contributed by atoms with Crippen molar-refractivity contribution in [2.24, 2.45) is 4.99 Å². The maximum atomic E-state index is 5.18. The van der Waals surface area contributed by atoms with Gasteiger partial charge in [0, 0.05) is 37.7 Å². The zero-order chi connectivity index (χ0) is 17.2. The van der Waals surface area contributed by atoms with Crippen molar-refractivity contribution in [1.29, 1.82) is 0 Å². The van der Waals surface area contributed by atoms with Crippen LogP contribution >= 0.6 is 11.8 Å². The van der Waals surface area contributed by atoms with Gasteiger partial charge in [0.15, 0.2) is 0 Å². The highest BCUT2D eigenvalue weighted by atomic mass is 32.2. The summed E-state index contributed by atoms with van der Waals surface area (Å²) in [5.74, 6) is 4.19. The molecule has 1 fully saturated rings. The van der Waals surface area contributed by atoms with Gasteiger partial charge in [0.05, 0.1) is 7.11 Å². The monoisotopic (exact) mass is 345 g/mol. The predicted octanol–water partition coefficient (Wildman–Crippen LogP) is 3.32. The molecule has 0 unspecified atom stereocenters. The van der Waals surface area contributed by atoms with Gasteiger partial charge in [-0.15, -0.1) is 0 Å². The van der Waals surface area contributed by atoms with Gasteiger partial charge in [0.1, 0.15) is 11.6 Å². The van der Waals surface area contributed by atoms with Gasteiger partial charge < -0.3 is 15.0 Å². The molecule has 2 rings (SSSR count). The summed E-state index contributed by atoms with van der Waals surface area (Å²) in [6.45, 7) is 9.53. The van der Waals surface area contributed by atoms with E-state index >= 15 is 0 Å². The Bertz CT molecular complexity index is 575. The van der Waals surface area contributed by atoms with Crippen LogP contribution in [0.3, 0.4) is 0 Å². The second-order valence-electron chi connectivity index (χ2n) is 5.58. The summed E-state index contributed by atoms with van der Waals surface area (Å²) >= 11 is 2.00. The SMILES string of the molecule is C=N/C(=C\C(=C/C)CNCc1ccc(OC)cc1)N1CCSCC1. The lowest BCUT2D eigenvalue weighted by atomic mass is 10.2. The van der Waals surface area contributed by atoms with Crippen molar-refractivity contribution in [2.75, 3.05) is 38.2 Å². The van der Waals surface area contributed by atoms with Gasteiger partial charge in [-0.1, -0.05) is 18.2 Å². The molecule has 1 aromatic rings. The third-order valence-corrected chi connectivity index (χ3v) is 4.94. The number of rotatable bonds is 8. The van der Waals surface area contributed by atoms with E-state index in [4.69, 9.17) is 4.74 Å². The van der Waals surface area contributed by atoms with E-state index in [1.807, 2.05) is 23.9 Å². The van der Waals surface area contributed by atoms with Crippen LogP contribution in [0.2, 0.25) is 0 Å². The summed E-state index contributed by atoms with van der Waals surface area (Å²) in [7, 11) is 1.68. The average molecular weight is 346 g/mol. The minimum Gasteiger partial charge on any atom is -0.497 e. The van der Waals surface area contributed by atoms with Gasteiger partial charge in [-0.05, 0) is 43.0 Å². The molecule has 1 aliphatic heterocycles. The van der Waals surface area contributed by atoms with E-state index < -0.39 is 0 Å². The number of hydrogen-bond donors (Lipinski definition) is 1. The van der Waals surface area contributed by atoms with Crippen LogP contribution in [0.25, 0.3) is 0 Å². The normalized spacial score (nSPS) is 16.2. The maximum absolute atomic E-state index is 5.18. The van der Waals surface area contributed by atoms with Gasteiger partial charge in [-0.25, -0.2) is 4.99 Å². The van der Waals surface area contributed by atoms with E-state index in [0.29, 0.717) is 0 Å². The lowest BCUT2D eigenvalue weighted by molar-refractivity contribution is 0.377. The van der Waals surface area contributed by atoms with Gasteiger partial charge in [-0.2, -0.15) is 11.8 Å². The quantitative estimate of drug-likeness (QED) is 0.579. The lowest BCUT2D eigenvalue weighted by Crippen LogP contribution is -2.31. The van der Waals surface area contributed by atoms with Crippen molar-refractivity contribution in [3.63, 3.8) is 0 Å². The zero-order valence-corrected chi connectivity index (χ0v) is 15.4. The van der Waals surface area contributed by atoms with E-state index in [-0.39, 0.29) is 0 Å². The van der Waals surface area contributed by atoms with Crippen molar-refractivity contribution in [2.45, 2.75) is 13.5 Å². The molecule has 4 nitrogen and oxygen atoms in total. The maximum Gasteiger partial charge on any atom is 0.128 e. The highest BCUT2D eigenvalue weighted by molar-refractivity contribution is 7.99. The number of thioether (sulfide) groups is 1. The summed E-state index contributed by atoms with van der Waals surface area (Å²) < 4.78 is 5.18. The molecule has 1 saturated heterocycles. The van der Waals surface area contributed by atoms with Crippen LogP contribution in [0.15, 0.2) is 52.8 Å². The summed E-state index contributed by atoms with van der Waals surface area (Å²) in [5.41, 5.74) is 2.47.